The third kappa shape index (κ3) is 3.87. The Balaban J connectivity index is 1.67. The Morgan fingerprint density at radius 1 is 1.27 bits per heavy atom. The van der Waals surface area contributed by atoms with E-state index >= 15 is 0 Å². The molecule has 4 rings (SSSR count). The van der Waals surface area contributed by atoms with Gasteiger partial charge in [-0.2, -0.15) is 0 Å². The van der Waals surface area contributed by atoms with Crippen molar-refractivity contribution in [2.75, 3.05) is 13.2 Å². The molecule has 0 aromatic heterocycles. The standard InChI is InChI=1S/C23H27ClFNO4/c1-13(2)29-11-5-10-26-20(15-6-3-4-7-17(15)25)19-21(27)16-12-14(24)8-9-18(16)30-22(19)23(26)28/h3-4,6-7,13-14,16,18,20H,5,8-12H2,1-2H3. The summed E-state index contributed by atoms with van der Waals surface area (Å²) in [7, 11) is 0. The lowest BCUT2D eigenvalue weighted by atomic mass is 9.77. The number of alkyl halides is 1. The molecule has 0 spiro atoms. The van der Waals surface area contributed by atoms with E-state index in [-0.39, 0.29) is 46.5 Å². The quantitative estimate of drug-likeness (QED) is 0.497. The van der Waals surface area contributed by atoms with Crippen molar-refractivity contribution in [2.24, 2.45) is 5.92 Å². The molecule has 0 radical (unpaired) electrons. The maximum Gasteiger partial charge on any atom is 0.290 e. The van der Waals surface area contributed by atoms with E-state index in [1.807, 2.05) is 13.8 Å². The Hall–Kier alpha value is -1.92. The molecule has 0 N–H and O–H groups in total. The third-order valence-electron chi connectivity index (χ3n) is 6.07. The Bertz CT molecular complexity index is 871. The van der Waals surface area contributed by atoms with Crippen molar-refractivity contribution in [3.8, 4) is 0 Å². The molecule has 5 nitrogen and oxygen atoms in total. The van der Waals surface area contributed by atoms with Gasteiger partial charge < -0.3 is 14.4 Å². The fourth-order valence-corrected chi connectivity index (χ4v) is 4.99. The molecule has 1 aromatic carbocycles. The summed E-state index contributed by atoms with van der Waals surface area (Å²) in [6, 6.07) is 5.52. The van der Waals surface area contributed by atoms with Gasteiger partial charge in [-0.05, 0) is 45.6 Å². The number of carbonyl (C=O) groups is 2. The number of nitrogens with zero attached hydrogens (tertiary/aromatic N) is 1. The van der Waals surface area contributed by atoms with E-state index in [2.05, 4.69) is 0 Å². The van der Waals surface area contributed by atoms with Crippen LogP contribution < -0.4 is 0 Å². The molecule has 4 unspecified atom stereocenters. The molecule has 2 heterocycles. The first-order chi connectivity index (χ1) is 14.4. The Morgan fingerprint density at radius 3 is 2.77 bits per heavy atom. The average molecular weight is 436 g/mol. The number of ketones is 1. The predicted octanol–water partition coefficient (Wildman–Crippen LogP) is 4.15. The summed E-state index contributed by atoms with van der Waals surface area (Å²) in [5.74, 6) is -1.21. The van der Waals surface area contributed by atoms with Crippen molar-refractivity contribution in [3.05, 3.63) is 47.0 Å². The first-order valence-electron chi connectivity index (χ1n) is 10.6. The third-order valence-corrected chi connectivity index (χ3v) is 6.47. The minimum absolute atomic E-state index is 0.0875. The summed E-state index contributed by atoms with van der Waals surface area (Å²) in [5, 5.41) is -0.0887. The summed E-state index contributed by atoms with van der Waals surface area (Å²) < 4.78 is 26.4. The Morgan fingerprint density at radius 2 is 2.03 bits per heavy atom. The van der Waals surface area contributed by atoms with Gasteiger partial charge in [0.2, 0.25) is 0 Å². The van der Waals surface area contributed by atoms with Gasteiger partial charge in [-0.25, -0.2) is 4.39 Å². The van der Waals surface area contributed by atoms with Crippen molar-refractivity contribution in [2.45, 2.75) is 63.2 Å². The Labute approximate surface area is 181 Å². The van der Waals surface area contributed by atoms with E-state index in [4.69, 9.17) is 21.1 Å². The summed E-state index contributed by atoms with van der Waals surface area (Å²) in [5.41, 5.74) is 0.594. The average Bonchev–Trinajstić information content (AvgIpc) is 2.98. The number of halogens is 2. The second-order valence-electron chi connectivity index (χ2n) is 8.48. The van der Waals surface area contributed by atoms with Gasteiger partial charge in [0.25, 0.3) is 5.91 Å². The van der Waals surface area contributed by atoms with Gasteiger partial charge in [-0.1, -0.05) is 18.2 Å². The van der Waals surface area contributed by atoms with E-state index in [0.29, 0.717) is 38.0 Å². The van der Waals surface area contributed by atoms with E-state index in [0.717, 1.165) is 6.42 Å². The van der Waals surface area contributed by atoms with Crippen LogP contribution in [0.5, 0.6) is 0 Å². The van der Waals surface area contributed by atoms with Crippen LogP contribution in [0.2, 0.25) is 0 Å². The molecule has 1 fully saturated rings. The molecule has 162 valence electrons. The molecule has 7 heteroatoms. The number of rotatable bonds is 6. The number of amides is 1. The maximum atomic E-state index is 14.8. The number of fused-ring (bicyclic) bond motifs is 1. The highest BCUT2D eigenvalue weighted by Crippen LogP contribution is 2.47. The molecule has 2 aliphatic heterocycles. The molecule has 1 amide bonds. The fourth-order valence-electron chi connectivity index (χ4n) is 4.67. The van der Waals surface area contributed by atoms with Crippen LogP contribution in [0.1, 0.15) is 51.1 Å². The topological polar surface area (TPSA) is 55.8 Å². The SMILES string of the molecule is CC(C)OCCCN1C(=O)C2=C(C(=O)C3CC(Cl)CCC3O2)C1c1ccccc1F. The zero-order chi connectivity index (χ0) is 21.4. The van der Waals surface area contributed by atoms with Crippen LogP contribution in [0.25, 0.3) is 0 Å². The van der Waals surface area contributed by atoms with Crippen molar-refractivity contribution < 1.29 is 23.5 Å². The van der Waals surface area contributed by atoms with E-state index in [1.54, 1.807) is 23.1 Å². The van der Waals surface area contributed by atoms with Crippen LogP contribution in [0.3, 0.4) is 0 Å². The minimum atomic E-state index is -0.781. The normalized spacial score (nSPS) is 28.6. The maximum absolute atomic E-state index is 14.8. The zero-order valence-electron chi connectivity index (χ0n) is 17.3. The second-order valence-corrected chi connectivity index (χ2v) is 9.09. The molecule has 1 aliphatic carbocycles. The highest BCUT2D eigenvalue weighted by atomic mass is 35.5. The Kier molecular flexibility index (Phi) is 6.16. The molecule has 0 bridgehead atoms. The lowest BCUT2D eigenvalue weighted by Crippen LogP contribution is -2.42. The van der Waals surface area contributed by atoms with Gasteiger partial charge in [-0.15, -0.1) is 11.6 Å². The molecule has 0 saturated heterocycles. The van der Waals surface area contributed by atoms with Gasteiger partial charge in [0.1, 0.15) is 11.9 Å². The number of ether oxygens (including phenoxy) is 2. The molecule has 30 heavy (non-hydrogen) atoms. The lowest BCUT2D eigenvalue weighted by Gasteiger charge is -2.37. The highest BCUT2D eigenvalue weighted by Gasteiger charge is 2.53. The van der Waals surface area contributed by atoms with Crippen molar-refractivity contribution in [1.29, 1.82) is 0 Å². The first kappa shape index (κ1) is 21.3. The van der Waals surface area contributed by atoms with E-state index < -0.39 is 11.9 Å². The molecular formula is C23H27ClFNO4. The largest absolute Gasteiger partial charge is 0.483 e. The summed E-state index contributed by atoms with van der Waals surface area (Å²) in [6.45, 7) is 4.72. The number of benzene rings is 1. The number of carbonyl (C=O) groups excluding carboxylic acids is 2. The van der Waals surface area contributed by atoms with Crippen LogP contribution in [0, 0.1) is 11.7 Å². The van der Waals surface area contributed by atoms with Crippen molar-refractivity contribution in [3.63, 3.8) is 0 Å². The second kappa shape index (κ2) is 8.67. The highest BCUT2D eigenvalue weighted by molar-refractivity contribution is 6.21. The number of hydrogen-bond acceptors (Lipinski definition) is 4. The van der Waals surface area contributed by atoms with Gasteiger partial charge in [0, 0.05) is 24.1 Å². The molecule has 4 atom stereocenters. The van der Waals surface area contributed by atoms with Gasteiger partial charge in [0.15, 0.2) is 11.5 Å². The summed E-state index contributed by atoms with van der Waals surface area (Å²) >= 11 is 6.32. The zero-order valence-corrected chi connectivity index (χ0v) is 18.0. The van der Waals surface area contributed by atoms with E-state index in [9.17, 15) is 14.0 Å². The molecule has 1 saturated carbocycles. The molecular weight excluding hydrogens is 409 g/mol. The van der Waals surface area contributed by atoms with Crippen LogP contribution in [-0.4, -0.2) is 47.3 Å². The summed E-state index contributed by atoms with van der Waals surface area (Å²) in [6.07, 6.45) is 2.24. The minimum Gasteiger partial charge on any atom is -0.483 e. The smallest absolute Gasteiger partial charge is 0.290 e. The fraction of sp³-hybridized carbons (Fsp3) is 0.565. The molecule has 3 aliphatic rings. The van der Waals surface area contributed by atoms with Gasteiger partial charge in [0.05, 0.1) is 23.6 Å². The van der Waals surface area contributed by atoms with Crippen LogP contribution in [0.15, 0.2) is 35.6 Å². The predicted molar refractivity (Wildman–Crippen MR) is 110 cm³/mol. The first-order valence-corrected chi connectivity index (χ1v) is 11.1. The van der Waals surface area contributed by atoms with Gasteiger partial charge >= 0.3 is 0 Å². The van der Waals surface area contributed by atoms with Crippen LogP contribution in [-0.2, 0) is 19.1 Å². The van der Waals surface area contributed by atoms with Gasteiger partial charge in [-0.3, -0.25) is 9.59 Å². The van der Waals surface area contributed by atoms with E-state index in [1.165, 1.54) is 6.07 Å². The summed E-state index contributed by atoms with van der Waals surface area (Å²) in [4.78, 5) is 28.3. The lowest BCUT2D eigenvalue weighted by molar-refractivity contribution is -0.135. The molecule has 1 aromatic rings. The van der Waals surface area contributed by atoms with Crippen LogP contribution >= 0.6 is 11.6 Å². The number of hydrogen-bond donors (Lipinski definition) is 0. The monoisotopic (exact) mass is 435 g/mol. The van der Waals surface area contributed by atoms with Crippen molar-refractivity contribution in [1.82, 2.24) is 4.90 Å². The number of Topliss-reactive ketones (excluding diaryl/α,β-unsaturated/α-hetero) is 1. The van der Waals surface area contributed by atoms with Crippen LogP contribution in [0.4, 0.5) is 4.39 Å². The van der Waals surface area contributed by atoms with Crippen molar-refractivity contribution >= 4 is 23.3 Å².